The van der Waals surface area contributed by atoms with E-state index in [1.807, 2.05) is 91.0 Å². The van der Waals surface area contributed by atoms with Gasteiger partial charge in [0.1, 0.15) is 10.8 Å². The summed E-state index contributed by atoms with van der Waals surface area (Å²) in [5.41, 5.74) is 0.497. The van der Waals surface area contributed by atoms with E-state index in [9.17, 15) is 14.9 Å². The fourth-order valence-corrected chi connectivity index (χ4v) is 9.23. The number of hydrogen-bond acceptors (Lipinski definition) is 4. The Morgan fingerprint density at radius 2 is 1.17 bits per heavy atom. The Morgan fingerprint density at radius 3 is 1.56 bits per heavy atom. The number of amides is 1. The van der Waals surface area contributed by atoms with Gasteiger partial charge in [-0.15, -0.1) is 0 Å². The summed E-state index contributed by atoms with van der Waals surface area (Å²) in [6.07, 6.45) is 0. The third-order valence-electron chi connectivity index (χ3n) is 5.98. The van der Waals surface area contributed by atoms with Crippen molar-refractivity contribution in [3.05, 3.63) is 131 Å². The Labute approximate surface area is 213 Å². The Morgan fingerprint density at radius 1 is 0.722 bits per heavy atom. The average molecular weight is 510 g/mol. The first-order valence-electron chi connectivity index (χ1n) is 11.1. The van der Waals surface area contributed by atoms with E-state index < -0.39 is 11.8 Å². The summed E-state index contributed by atoms with van der Waals surface area (Å²) in [6, 6.07) is 35.7. The Kier molecular flexibility index (Phi) is 6.42. The summed E-state index contributed by atoms with van der Waals surface area (Å²) in [7, 11) is 0. The molecule has 0 saturated carbocycles. The Bertz CT molecular complexity index is 1450. The quantitative estimate of drug-likeness (QED) is 0.191. The van der Waals surface area contributed by atoms with Crippen LogP contribution < -0.4 is 21.2 Å². The van der Waals surface area contributed by atoms with E-state index in [2.05, 4.69) is 10.3 Å². The predicted molar refractivity (Wildman–Crippen MR) is 151 cm³/mol. The minimum absolute atomic E-state index is 0.0431. The van der Waals surface area contributed by atoms with Gasteiger partial charge in [-0.1, -0.05) is 103 Å². The van der Waals surface area contributed by atoms with Crippen molar-refractivity contribution in [1.29, 1.82) is 0 Å². The lowest BCUT2D eigenvalue weighted by atomic mass is 10.1. The molecule has 0 aromatic heterocycles. The number of non-ortho nitro benzene ring substituents is 1. The summed E-state index contributed by atoms with van der Waals surface area (Å²) in [5.74, 6) is -0.0517. The second-order valence-electron chi connectivity index (χ2n) is 8.05. The molecule has 36 heavy (non-hydrogen) atoms. The van der Waals surface area contributed by atoms with Crippen molar-refractivity contribution < 1.29 is 9.72 Å². The van der Waals surface area contributed by atoms with Crippen molar-refractivity contribution in [3.8, 4) is 0 Å². The van der Waals surface area contributed by atoms with Gasteiger partial charge in [-0.3, -0.25) is 14.9 Å². The number of nitrogens with one attached hydrogen (secondary N) is 1. The molecule has 5 rings (SSSR count). The molecule has 0 saturated heterocycles. The lowest BCUT2D eigenvalue weighted by molar-refractivity contribution is -0.384. The van der Waals surface area contributed by atoms with E-state index in [0.29, 0.717) is 10.9 Å². The number of nitrogens with zero attached hydrogens (tertiary/aromatic N) is 2. The predicted octanol–water partition coefficient (Wildman–Crippen LogP) is 3.97. The van der Waals surface area contributed by atoms with Gasteiger partial charge in [0.15, 0.2) is 0 Å². The van der Waals surface area contributed by atoms with Gasteiger partial charge in [0.25, 0.3) is 11.6 Å². The van der Waals surface area contributed by atoms with Crippen LogP contribution >= 0.6 is 19.1 Å². The van der Waals surface area contributed by atoms with E-state index in [4.69, 9.17) is 12.2 Å². The first-order valence-corrected chi connectivity index (χ1v) is 13.3. The number of hydrogen-bond donors (Lipinski definition) is 1. The minimum atomic E-state index is -2.71. The van der Waals surface area contributed by atoms with Crippen LogP contribution in [0, 0.1) is 10.1 Å². The third kappa shape index (κ3) is 4.09. The van der Waals surface area contributed by atoms with E-state index >= 15 is 0 Å². The van der Waals surface area contributed by atoms with Gasteiger partial charge >= 0.3 is 0 Å². The molecule has 0 fully saturated rings. The molecule has 0 aliphatic carbocycles. The van der Waals surface area contributed by atoms with Crippen LogP contribution in [0.4, 0.5) is 5.69 Å². The number of benzene rings is 4. The molecule has 1 aliphatic heterocycles. The molecule has 0 unspecified atom stereocenters. The molecule has 8 heteroatoms. The highest BCUT2D eigenvalue weighted by Gasteiger charge is 2.37. The number of rotatable bonds is 5. The highest BCUT2D eigenvalue weighted by Crippen LogP contribution is 2.47. The molecule has 0 bridgehead atoms. The normalized spacial score (nSPS) is 13.7. The summed E-state index contributed by atoms with van der Waals surface area (Å²) in [4.78, 5) is 29.3. The number of thiocarbonyl (C=S) groups is 1. The van der Waals surface area contributed by atoms with Gasteiger partial charge in [-0.2, -0.15) is 0 Å². The molecule has 0 spiro atoms. The zero-order valence-electron chi connectivity index (χ0n) is 18.9. The van der Waals surface area contributed by atoms with E-state index in [1.54, 1.807) is 12.1 Å². The second-order valence-corrected chi connectivity index (χ2v) is 11.8. The van der Waals surface area contributed by atoms with Crippen molar-refractivity contribution in [2.24, 2.45) is 4.99 Å². The molecule has 6 nitrogen and oxygen atoms in total. The smallest absolute Gasteiger partial charge is 0.269 e. The van der Waals surface area contributed by atoms with Crippen LogP contribution in [-0.4, -0.2) is 26.9 Å². The highest BCUT2D eigenvalue weighted by atomic mass is 32.1. The summed E-state index contributed by atoms with van der Waals surface area (Å²) < 4.78 is 0. The SMILES string of the molecule is O=C1NC(c2ccc([N+](=O)[O-])cc2)=NC(=S)C1=P(c1ccccc1)(c1ccccc1)c1ccccc1. The standard InChI is InChI=1S/C28H20N3O3PS/c32-27-25(28(36)30-26(29-27)20-16-18-21(19-17-20)31(33)34)35(22-10-4-1-5-11-22,23-12-6-2-7-13-23)24-14-8-3-9-15-24/h1-19H,(H,29,30,32,36). The maximum atomic E-state index is 13.9. The number of amidine groups is 1. The van der Waals surface area contributed by atoms with Crippen molar-refractivity contribution in [1.82, 2.24) is 5.32 Å². The van der Waals surface area contributed by atoms with Gasteiger partial charge in [0.05, 0.1) is 10.2 Å². The van der Waals surface area contributed by atoms with Gasteiger partial charge < -0.3 is 5.32 Å². The van der Waals surface area contributed by atoms with Crippen LogP contribution in [0.2, 0.25) is 0 Å². The van der Waals surface area contributed by atoms with Crippen LogP contribution in [0.3, 0.4) is 0 Å². The molecule has 1 amide bonds. The van der Waals surface area contributed by atoms with E-state index in [0.717, 1.165) is 15.9 Å². The molecule has 176 valence electrons. The summed E-state index contributed by atoms with van der Waals surface area (Å²) in [5, 5.41) is 17.4. The van der Waals surface area contributed by atoms with Crippen LogP contribution in [-0.2, 0) is 4.79 Å². The lowest BCUT2D eigenvalue weighted by Crippen LogP contribution is -2.48. The largest absolute Gasteiger partial charge is 0.306 e. The minimum Gasteiger partial charge on any atom is -0.306 e. The zero-order valence-corrected chi connectivity index (χ0v) is 20.7. The fourth-order valence-electron chi connectivity index (χ4n) is 4.41. The Balaban J connectivity index is 1.81. The summed E-state index contributed by atoms with van der Waals surface area (Å²) >= 11 is 5.83. The van der Waals surface area contributed by atoms with Crippen molar-refractivity contribution in [2.45, 2.75) is 0 Å². The maximum Gasteiger partial charge on any atom is 0.269 e. The Hall–Kier alpha value is -4.19. The van der Waals surface area contributed by atoms with Gasteiger partial charge in [-0.25, -0.2) is 4.99 Å². The molecule has 0 radical (unpaired) electrons. The lowest BCUT2D eigenvalue weighted by Gasteiger charge is -2.33. The van der Waals surface area contributed by atoms with Crippen LogP contribution in [0.5, 0.6) is 0 Å². The average Bonchev–Trinajstić information content (AvgIpc) is 2.92. The number of aliphatic imine (C=N–C) groups is 1. The van der Waals surface area contributed by atoms with Gasteiger partial charge in [-0.05, 0) is 34.9 Å². The molecule has 1 N–H and O–H groups in total. The monoisotopic (exact) mass is 509 g/mol. The maximum absolute atomic E-state index is 13.9. The number of nitro groups is 1. The first kappa shape index (κ1) is 23.5. The van der Waals surface area contributed by atoms with Gasteiger partial charge in [0, 0.05) is 17.7 Å². The first-order chi connectivity index (χ1) is 17.5. The third-order valence-corrected chi connectivity index (χ3v) is 10.7. The number of nitro benzene ring substituents is 1. The molecular weight excluding hydrogens is 489 g/mol. The number of carbonyl (C=O) groups excluding carboxylic acids is 1. The number of carbonyl (C=O) groups is 1. The van der Waals surface area contributed by atoms with Gasteiger partial charge in [0.2, 0.25) is 0 Å². The van der Waals surface area contributed by atoms with Crippen molar-refractivity contribution in [2.75, 3.05) is 0 Å². The van der Waals surface area contributed by atoms with Crippen LogP contribution in [0.1, 0.15) is 5.56 Å². The molecule has 4 aromatic carbocycles. The van der Waals surface area contributed by atoms with Crippen molar-refractivity contribution in [3.63, 3.8) is 0 Å². The zero-order chi connectivity index (χ0) is 25.1. The molecule has 1 heterocycles. The fraction of sp³-hybridized carbons (Fsp3) is 0. The van der Waals surface area contributed by atoms with Crippen LogP contribution in [0.25, 0.3) is 0 Å². The van der Waals surface area contributed by atoms with E-state index in [-0.39, 0.29) is 22.4 Å². The van der Waals surface area contributed by atoms with Crippen molar-refractivity contribution >= 4 is 62.7 Å². The molecular formula is C28H20N3O3PS. The molecule has 4 aromatic rings. The second kappa shape index (κ2) is 9.82. The molecule has 0 atom stereocenters. The van der Waals surface area contributed by atoms with E-state index in [1.165, 1.54) is 12.1 Å². The topological polar surface area (TPSA) is 84.6 Å². The molecule has 1 aliphatic rings. The highest BCUT2D eigenvalue weighted by molar-refractivity contribution is 8.00. The summed E-state index contributed by atoms with van der Waals surface area (Å²) in [6.45, 7) is -2.71. The van der Waals surface area contributed by atoms with Crippen LogP contribution in [0.15, 0.2) is 120 Å².